The van der Waals surface area contributed by atoms with Crippen LogP contribution in [0, 0.1) is 5.82 Å². The lowest BCUT2D eigenvalue weighted by atomic mass is 10.2. The molecule has 1 aliphatic carbocycles. The fraction of sp³-hybridized carbons (Fsp3) is 0.429. The standard InChI is InChI=1S/C14H17FN2O3/c15-11-7-9(5-6-12(11)16)14(19)20-8-13(18)17-10-3-1-2-4-10/h5-7,10H,1-4,8,16H2,(H,17,18). The van der Waals surface area contributed by atoms with Crippen molar-refractivity contribution < 1.29 is 18.7 Å². The molecule has 1 amide bonds. The number of carbonyl (C=O) groups is 2. The quantitative estimate of drug-likeness (QED) is 0.648. The smallest absolute Gasteiger partial charge is 0.338 e. The zero-order chi connectivity index (χ0) is 14.5. The summed E-state index contributed by atoms with van der Waals surface area (Å²) in [6, 6.07) is 3.81. The summed E-state index contributed by atoms with van der Waals surface area (Å²) in [6.45, 7) is -0.360. The Kier molecular flexibility index (Phi) is 4.55. The van der Waals surface area contributed by atoms with Gasteiger partial charge in [-0.15, -0.1) is 0 Å². The molecule has 2 rings (SSSR count). The Morgan fingerprint density at radius 2 is 2.05 bits per heavy atom. The molecular weight excluding hydrogens is 263 g/mol. The number of nitrogen functional groups attached to an aromatic ring is 1. The van der Waals surface area contributed by atoms with Crippen molar-refractivity contribution in [1.29, 1.82) is 0 Å². The molecular formula is C14H17FN2O3. The molecule has 0 radical (unpaired) electrons. The zero-order valence-corrected chi connectivity index (χ0v) is 11.0. The van der Waals surface area contributed by atoms with E-state index >= 15 is 0 Å². The van der Waals surface area contributed by atoms with Crippen molar-refractivity contribution in [3.8, 4) is 0 Å². The number of rotatable bonds is 4. The van der Waals surface area contributed by atoms with Crippen LogP contribution in [0.2, 0.25) is 0 Å². The van der Waals surface area contributed by atoms with E-state index in [4.69, 9.17) is 10.5 Å². The lowest BCUT2D eigenvalue weighted by Crippen LogP contribution is -2.35. The molecule has 0 saturated heterocycles. The molecule has 0 heterocycles. The lowest BCUT2D eigenvalue weighted by Gasteiger charge is -2.12. The van der Waals surface area contributed by atoms with Crippen molar-refractivity contribution in [2.75, 3.05) is 12.3 Å². The Bertz CT molecular complexity index is 513. The molecule has 1 aromatic carbocycles. The topological polar surface area (TPSA) is 81.4 Å². The first kappa shape index (κ1) is 14.3. The van der Waals surface area contributed by atoms with Crippen molar-refractivity contribution in [2.24, 2.45) is 0 Å². The summed E-state index contributed by atoms with van der Waals surface area (Å²) >= 11 is 0. The van der Waals surface area contributed by atoms with Gasteiger partial charge >= 0.3 is 5.97 Å². The molecule has 0 spiro atoms. The minimum absolute atomic E-state index is 0.0327. The third-order valence-corrected chi connectivity index (χ3v) is 3.29. The molecule has 5 nitrogen and oxygen atoms in total. The van der Waals surface area contributed by atoms with E-state index in [1.807, 2.05) is 0 Å². The van der Waals surface area contributed by atoms with Gasteiger partial charge in [-0.2, -0.15) is 0 Å². The Balaban J connectivity index is 1.81. The van der Waals surface area contributed by atoms with Gasteiger partial charge in [-0.1, -0.05) is 12.8 Å². The average molecular weight is 280 g/mol. The van der Waals surface area contributed by atoms with E-state index in [1.54, 1.807) is 0 Å². The van der Waals surface area contributed by atoms with Gasteiger partial charge in [0.05, 0.1) is 11.3 Å². The molecule has 1 aliphatic rings. The van der Waals surface area contributed by atoms with Crippen molar-refractivity contribution in [3.05, 3.63) is 29.6 Å². The number of hydrogen-bond acceptors (Lipinski definition) is 4. The number of hydrogen-bond donors (Lipinski definition) is 2. The van der Waals surface area contributed by atoms with Crippen molar-refractivity contribution in [1.82, 2.24) is 5.32 Å². The van der Waals surface area contributed by atoms with Crippen LogP contribution in [0.15, 0.2) is 18.2 Å². The van der Waals surface area contributed by atoms with Gasteiger partial charge in [0, 0.05) is 6.04 Å². The second-order valence-electron chi connectivity index (χ2n) is 4.86. The Hall–Kier alpha value is -2.11. The fourth-order valence-corrected chi connectivity index (χ4v) is 2.21. The van der Waals surface area contributed by atoms with E-state index < -0.39 is 11.8 Å². The van der Waals surface area contributed by atoms with E-state index in [0.717, 1.165) is 31.7 Å². The highest BCUT2D eigenvalue weighted by molar-refractivity contribution is 5.91. The van der Waals surface area contributed by atoms with Gasteiger partial charge in [-0.25, -0.2) is 9.18 Å². The molecule has 0 bridgehead atoms. The second kappa shape index (κ2) is 6.36. The predicted octanol–water partition coefficient (Wildman–Crippen LogP) is 1.62. The summed E-state index contributed by atoms with van der Waals surface area (Å²) in [5.74, 6) is -1.76. The number of esters is 1. The number of halogens is 1. The molecule has 6 heteroatoms. The van der Waals surface area contributed by atoms with Crippen molar-refractivity contribution in [3.63, 3.8) is 0 Å². The van der Waals surface area contributed by atoms with Crippen LogP contribution < -0.4 is 11.1 Å². The van der Waals surface area contributed by atoms with E-state index in [-0.39, 0.29) is 29.8 Å². The maximum absolute atomic E-state index is 13.2. The van der Waals surface area contributed by atoms with Gasteiger partial charge in [0.1, 0.15) is 5.82 Å². The number of benzene rings is 1. The number of nitrogens with one attached hydrogen (secondary N) is 1. The third kappa shape index (κ3) is 3.69. The van der Waals surface area contributed by atoms with E-state index in [1.165, 1.54) is 12.1 Å². The lowest BCUT2D eigenvalue weighted by molar-refractivity contribution is -0.124. The van der Waals surface area contributed by atoms with Crippen LogP contribution in [-0.4, -0.2) is 24.5 Å². The number of ether oxygens (including phenoxy) is 1. The average Bonchev–Trinajstić information content (AvgIpc) is 2.92. The molecule has 108 valence electrons. The van der Waals surface area contributed by atoms with Gasteiger partial charge in [0.15, 0.2) is 6.61 Å². The first-order valence-corrected chi connectivity index (χ1v) is 6.58. The Morgan fingerprint density at radius 3 is 2.70 bits per heavy atom. The number of amides is 1. The summed E-state index contributed by atoms with van der Waals surface area (Å²) in [7, 11) is 0. The molecule has 1 fully saturated rings. The monoisotopic (exact) mass is 280 g/mol. The van der Waals surface area contributed by atoms with Gasteiger partial charge in [-0.05, 0) is 31.0 Å². The summed E-state index contributed by atoms with van der Waals surface area (Å²) in [5, 5.41) is 2.80. The first-order valence-electron chi connectivity index (χ1n) is 6.58. The van der Waals surface area contributed by atoms with E-state index in [9.17, 15) is 14.0 Å². The fourth-order valence-electron chi connectivity index (χ4n) is 2.21. The number of anilines is 1. The molecule has 0 aromatic heterocycles. The normalized spacial score (nSPS) is 15.1. The summed E-state index contributed by atoms with van der Waals surface area (Å²) in [6.07, 6.45) is 4.14. The third-order valence-electron chi connectivity index (χ3n) is 3.29. The maximum Gasteiger partial charge on any atom is 0.338 e. The zero-order valence-electron chi connectivity index (χ0n) is 11.0. The molecule has 1 aromatic rings. The highest BCUT2D eigenvalue weighted by Gasteiger charge is 2.18. The van der Waals surface area contributed by atoms with Gasteiger partial charge in [0.25, 0.3) is 5.91 Å². The van der Waals surface area contributed by atoms with E-state index in [2.05, 4.69) is 5.32 Å². The van der Waals surface area contributed by atoms with Gasteiger partial charge in [-0.3, -0.25) is 4.79 Å². The summed E-state index contributed by atoms with van der Waals surface area (Å²) in [5.41, 5.74) is 5.30. The van der Waals surface area contributed by atoms with Gasteiger partial charge in [0.2, 0.25) is 0 Å². The summed E-state index contributed by atoms with van der Waals surface area (Å²) < 4.78 is 18.0. The second-order valence-corrected chi connectivity index (χ2v) is 4.86. The van der Waals surface area contributed by atoms with Crippen molar-refractivity contribution in [2.45, 2.75) is 31.7 Å². The van der Waals surface area contributed by atoms with Crippen LogP contribution in [-0.2, 0) is 9.53 Å². The molecule has 20 heavy (non-hydrogen) atoms. The Labute approximate surface area is 116 Å². The van der Waals surface area contributed by atoms with Crippen LogP contribution in [0.3, 0.4) is 0 Å². The maximum atomic E-state index is 13.2. The summed E-state index contributed by atoms with van der Waals surface area (Å²) in [4.78, 5) is 23.2. The highest BCUT2D eigenvalue weighted by Crippen LogP contribution is 2.17. The highest BCUT2D eigenvalue weighted by atomic mass is 19.1. The van der Waals surface area contributed by atoms with Crippen LogP contribution >= 0.6 is 0 Å². The van der Waals surface area contributed by atoms with Gasteiger partial charge < -0.3 is 15.8 Å². The minimum Gasteiger partial charge on any atom is -0.452 e. The van der Waals surface area contributed by atoms with Crippen LogP contribution in [0.4, 0.5) is 10.1 Å². The van der Waals surface area contributed by atoms with Crippen molar-refractivity contribution >= 4 is 17.6 Å². The Morgan fingerprint density at radius 1 is 1.35 bits per heavy atom. The van der Waals surface area contributed by atoms with Crippen LogP contribution in [0.25, 0.3) is 0 Å². The minimum atomic E-state index is -0.745. The first-order chi connectivity index (χ1) is 9.56. The number of carbonyl (C=O) groups excluding carboxylic acids is 2. The van der Waals surface area contributed by atoms with Crippen LogP contribution in [0.5, 0.6) is 0 Å². The molecule has 3 N–H and O–H groups in total. The van der Waals surface area contributed by atoms with E-state index in [0.29, 0.717) is 0 Å². The SMILES string of the molecule is Nc1ccc(C(=O)OCC(=O)NC2CCCC2)cc1F. The molecule has 1 saturated carbocycles. The predicted molar refractivity (Wildman–Crippen MR) is 71.5 cm³/mol. The molecule has 0 aliphatic heterocycles. The number of nitrogens with two attached hydrogens (primary N) is 1. The van der Waals surface area contributed by atoms with Crippen LogP contribution in [0.1, 0.15) is 36.0 Å². The molecule has 0 atom stereocenters. The largest absolute Gasteiger partial charge is 0.452 e. The molecule has 0 unspecified atom stereocenters.